The van der Waals surface area contributed by atoms with Gasteiger partial charge >= 0.3 is 0 Å². The molecule has 7 heteroatoms. The Balaban J connectivity index is 1.78. The van der Waals surface area contributed by atoms with E-state index in [2.05, 4.69) is 51.3 Å². The molecule has 0 radical (unpaired) electrons. The molecule has 1 atom stereocenters. The first-order valence-electron chi connectivity index (χ1n) is 9.79. The van der Waals surface area contributed by atoms with Gasteiger partial charge in [0.05, 0.1) is 16.6 Å². The third kappa shape index (κ3) is 5.26. The highest BCUT2D eigenvalue weighted by molar-refractivity contribution is 6.33. The summed E-state index contributed by atoms with van der Waals surface area (Å²) < 4.78 is 14.1. The van der Waals surface area contributed by atoms with Crippen LogP contribution in [0.25, 0.3) is 0 Å². The molecule has 1 aliphatic heterocycles. The minimum Gasteiger partial charge on any atom is -0.378 e. The summed E-state index contributed by atoms with van der Waals surface area (Å²) in [5.41, 5.74) is 2.14. The van der Waals surface area contributed by atoms with Crippen molar-refractivity contribution < 1.29 is 9.18 Å². The van der Waals surface area contributed by atoms with E-state index in [4.69, 9.17) is 11.6 Å². The van der Waals surface area contributed by atoms with Crippen LogP contribution in [0.4, 0.5) is 10.1 Å². The number of hydrogen-bond acceptors (Lipinski definition) is 4. The predicted octanol–water partition coefficient (Wildman–Crippen LogP) is 3.26. The molecule has 156 valence electrons. The number of piperazine rings is 1. The number of amides is 1. The van der Waals surface area contributed by atoms with E-state index in [0.29, 0.717) is 6.54 Å². The molecule has 0 bridgehead atoms. The molecule has 0 aromatic heterocycles. The quantitative estimate of drug-likeness (QED) is 0.781. The Morgan fingerprint density at radius 2 is 1.79 bits per heavy atom. The van der Waals surface area contributed by atoms with E-state index in [9.17, 15) is 9.18 Å². The Kier molecular flexibility index (Phi) is 7.11. The Bertz CT molecular complexity index is 815. The molecular formula is C22H28ClFN4O. The molecule has 1 amide bonds. The van der Waals surface area contributed by atoms with Crippen LogP contribution < -0.4 is 10.2 Å². The zero-order valence-electron chi connectivity index (χ0n) is 17.2. The van der Waals surface area contributed by atoms with Crippen molar-refractivity contribution in [1.82, 2.24) is 15.1 Å². The summed E-state index contributed by atoms with van der Waals surface area (Å²) in [5.74, 6) is -1.10. The van der Waals surface area contributed by atoms with E-state index in [-0.39, 0.29) is 16.6 Å². The predicted molar refractivity (Wildman–Crippen MR) is 116 cm³/mol. The molecule has 2 aromatic carbocycles. The molecule has 1 N–H and O–H groups in total. The zero-order chi connectivity index (χ0) is 21.0. The molecule has 0 saturated carbocycles. The van der Waals surface area contributed by atoms with E-state index in [1.807, 2.05) is 14.1 Å². The molecule has 1 heterocycles. The summed E-state index contributed by atoms with van der Waals surface area (Å²) >= 11 is 6.05. The number of likely N-dealkylation sites (N-methyl/N-ethyl adjacent to an activating group) is 1. The summed E-state index contributed by atoms with van der Waals surface area (Å²) in [4.78, 5) is 19.3. The largest absolute Gasteiger partial charge is 0.378 e. The molecular weight excluding hydrogens is 391 g/mol. The molecule has 2 aromatic rings. The first kappa shape index (κ1) is 21.6. The normalized spacial score (nSPS) is 16.4. The first-order chi connectivity index (χ1) is 13.9. The SMILES string of the molecule is CN1CCN([C@@H](CNC(=O)c2c(F)cccc2Cl)c2ccc(N(C)C)cc2)CC1. The Morgan fingerprint density at radius 3 is 2.38 bits per heavy atom. The highest BCUT2D eigenvalue weighted by Crippen LogP contribution is 2.25. The lowest BCUT2D eigenvalue weighted by atomic mass is 10.0. The van der Waals surface area contributed by atoms with Crippen molar-refractivity contribution in [3.8, 4) is 0 Å². The standard InChI is InChI=1S/C22H28ClFN4O/c1-26(2)17-9-7-16(8-10-17)20(28-13-11-27(3)12-14-28)15-25-22(29)21-18(23)5-4-6-19(21)24/h4-10,20H,11-15H2,1-3H3,(H,25,29)/t20-/m0/s1. The van der Waals surface area contributed by atoms with Gasteiger partial charge in [0.2, 0.25) is 0 Å². The maximum Gasteiger partial charge on any atom is 0.255 e. The van der Waals surface area contributed by atoms with E-state index in [1.165, 1.54) is 18.2 Å². The van der Waals surface area contributed by atoms with Gasteiger partial charge < -0.3 is 15.1 Å². The van der Waals surface area contributed by atoms with Gasteiger partial charge in [0.15, 0.2) is 0 Å². The zero-order valence-corrected chi connectivity index (χ0v) is 17.9. The van der Waals surface area contributed by atoms with Crippen molar-refractivity contribution >= 4 is 23.2 Å². The highest BCUT2D eigenvalue weighted by atomic mass is 35.5. The number of carbonyl (C=O) groups excluding carboxylic acids is 1. The molecule has 1 aliphatic rings. The number of rotatable bonds is 6. The van der Waals surface area contributed by atoms with E-state index in [1.54, 1.807) is 0 Å². The van der Waals surface area contributed by atoms with Crippen LogP contribution in [0.15, 0.2) is 42.5 Å². The van der Waals surface area contributed by atoms with E-state index < -0.39 is 11.7 Å². The van der Waals surface area contributed by atoms with Crippen molar-refractivity contribution in [2.24, 2.45) is 0 Å². The number of nitrogens with zero attached hydrogens (tertiary/aromatic N) is 3. The smallest absolute Gasteiger partial charge is 0.255 e. The summed E-state index contributed by atoms with van der Waals surface area (Å²) in [6.45, 7) is 4.15. The summed E-state index contributed by atoms with van der Waals surface area (Å²) in [6.07, 6.45) is 0. The third-order valence-electron chi connectivity index (χ3n) is 5.42. The molecule has 0 unspecified atom stereocenters. The fourth-order valence-electron chi connectivity index (χ4n) is 3.58. The van der Waals surface area contributed by atoms with Crippen LogP contribution in [0, 0.1) is 5.82 Å². The lowest BCUT2D eigenvalue weighted by Gasteiger charge is -2.38. The lowest BCUT2D eigenvalue weighted by Crippen LogP contribution is -2.48. The van der Waals surface area contributed by atoms with Crippen molar-refractivity contribution in [2.75, 3.05) is 58.8 Å². The van der Waals surface area contributed by atoms with Crippen LogP contribution in [0.3, 0.4) is 0 Å². The number of halogens is 2. The van der Waals surface area contributed by atoms with Crippen molar-refractivity contribution in [1.29, 1.82) is 0 Å². The molecule has 29 heavy (non-hydrogen) atoms. The second kappa shape index (κ2) is 9.57. The van der Waals surface area contributed by atoms with Crippen molar-refractivity contribution in [2.45, 2.75) is 6.04 Å². The third-order valence-corrected chi connectivity index (χ3v) is 5.73. The van der Waals surface area contributed by atoms with Crippen LogP contribution in [0.1, 0.15) is 22.0 Å². The van der Waals surface area contributed by atoms with Gasteiger partial charge in [0.1, 0.15) is 5.82 Å². The Hall–Kier alpha value is -2.15. The fourth-order valence-corrected chi connectivity index (χ4v) is 3.83. The van der Waals surface area contributed by atoms with Gasteiger partial charge in [-0.1, -0.05) is 29.8 Å². The van der Waals surface area contributed by atoms with Gasteiger partial charge in [-0.15, -0.1) is 0 Å². The van der Waals surface area contributed by atoms with Crippen LogP contribution in [0.5, 0.6) is 0 Å². The fraction of sp³-hybridized carbons (Fsp3) is 0.409. The Labute approximate surface area is 177 Å². The number of nitrogens with one attached hydrogen (secondary N) is 1. The minimum atomic E-state index is -0.610. The van der Waals surface area contributed by atoms with E-state index >= 15 is 0 Å². The van der Waals surface area contributed by atoms with Crippen LogP contribution in [-0.2, 0) is 0 Å². The second-order valence-corrected chi connectivity index (χ2v) is 8.05. The van der Waals surface area contributed by atoms with Crippen LogP contribution >= 0.6 is 11.6 Å². The van der Waals surface area contributed by atoms with Crippen LogP contribution in [-0.4, -0.2) is 69.6 Å². The second-order valence-electron chi connectivity index (χ2n) is 7.65. The molecule has 0 aliphatic carbocycles. The van der Waals surface area contributed by atoms with Gasteiger partial charge in [0.25, 0.3) is 5.91 Å². The minimum absolute atomic E-state index is 0.00871. The molecule has 5 nitrogen and oxygen atoms in total. The summed E-state index contributed by atoms with van der Waals surface area (Å²) in [6, 6.07) is 12.6. The average Bonchev–Trinajstić information content (AvgIpc) is 2.69. The monoisotopic (exact) mass is 418 g/mol. The van der Waals surface area contributed by atoms with Gasteiger partial charge in [-0.2, -0.15) is 0 Å². The van der Waals surface area contributed by atoms with Gasteiger partial charge in [-0.25, -0.2) is 4.39 Å². The number of benzene rings is 2. The molecule has 1 saturated heterocycles. The van der Waals surface area contributed by atoms with Crippen molar-refractivity contribution in [3.63, 3.8) is 0 Å². The summed E-state index contributed by atoms with van der Waals surface area (Å²) in [5, 5.41) is 3.02. The highest BCUT2D eigenvalue weighted by Gasteiger charge is 2.25. The molecule has 0 spiro atoms. The van der Waals surface area contributed by atoms with Crippen molar-refractivity contribution in [3.05, 3.63) is 64.4 Å². The lowest BCUT2D eigenvalue weighted by molar-refractivity contribution is 0.0883. The number of hydrogen-bond donors (Lipinski definition) is 1. The number of anilines is 1. The Morgan fingerprint density at radius 1 is 1.14 bits per heavy atom. The maximum atomic E-state index is 14.1. The van der Waals surface area contributed by atoms with Crippen LogP contribution in [0.2, 0.25) is 5.02 Å². The number of carbonyl (C=O) groups is 1. The maximum absolute atomic E-state index is 14.1. The topological polar surface area (TPSA) is 38.8 Å². The first-order valence-corrected chi connectivity index (χ1v) is 10.2. The summed E-state index contributed by atoms with van der Waals surface area (Å²) in [7, 11) is 6.12. The van der Waals surface area contributed by atoms with E-state index in [0.717, 1.165) is 37.4 Å². The average molecular weight is 419 g/mol. The molecule has 1 fully saturated rings. The molecule has 3 rings (SSSR count). The van der Waals surface area contributed by atoms with Gasteiger partial charge in [-0.05, 0) is 36.9 Å². The van der Waals surface area contributed by atoms with Gasteiger partial charge in [-0.3, -0.25) is 9.69 Å². The van der Waals surface area contributed by atoms with Gasteiger partial charge in [0, 0.05) is 52.5 Å².